The fraction of sp³-hybridized carbons (Fsp3) is 0.280. The highest BCUT2D eigenvalue weighted by Crippen LogP contribution is 2.29. The van der Waals surface area contributed by atoms with Crippen LogP contribution in [0.5, 0.6) is 0 Å². The topological polar surface area (TPSA) is 67.2 Å². The van der Waals surface area contributed by atoms with Crippen molar-refractivity contribution in [3.8, 4) is 5.69 Å². The zero-order valence-electron chi connectivity index (χ0n) is 18.9. The van der Waals surface area contributed by atoms with Crippen LogP contribution in [0.25, 0.3) is 16.7 Å². The van der Waals surface area contributed by atoms with Crippen molar-refractivity contribution in [3.63, 3.8) is 0 Å². The fourth-order valence-electron chi connectivity index (χ4n) is 4.26. The molecule has 0 spiro atoms. The molecule has 168 valence electrons. The zero-order chi connectivity index (χ0) is 23.1. The number of benzene rings is 2. The van der Waals surface area contributed by atoms with Gasteiger partial charge in [0.1, 0.15) is 11.6 Å². The molecular formula is C25H25ClN6O. The van der Waals surface area contributed by atoms with Crippen LogP contribution in [0.15, 0.2) is 48.5 Å². The number of anilines is 1. The second-order valence-corrected chi connectivity index (χ2v) is 8.85. The van der Waals surface area contributed by atoms with Gasteiger partial charge in [0, 0.05) is 36.8 Å². The van der Waals surface area contributed by atoms with Crippen molar-refractivity contribution in [2.75, 3.05) is 31.1 Å². The summed E-state index contributed by atoms with van der Waals surface area (Å²) in [6.45, 7) is 8.60. The lowest BCUT2D eigenvalue weighted by molar-refractivity contribution is 0.0746. The first-order valence-electron chi connectivity index (χ1n) is 11.0. The highest BCUT2D eigenvalue weighted by molar-refractivity contribution is 6.30. The van der Waals surface area contributed by atoms with Crippen molar-refractivity contribution < 1.29 is 4.79 Å². The maximum Gasteiger partial charge on any atom is 0.253 e. The first-order valence-corrected chi connectivity index (χ1v) is 11.4. The molecule has 5 rings (SSSR count). The third kappa shape index (κ3) is 4.04. The van der Waals surface area contributed by atoms with E-state index in [2.05, 4.69) is 36.1 Å². The predicted octanol–water partition coefficient (Wildman–Crippen LogP) is 4.36. The standard InChI is InChI=1S/C25H25ClN6O/c1-16-4-10-21(11-5-16)32-24-22(17(2)29-32)23(27-18(3)28-24)30-12-14-31(15-13-30)25(33)19-6-8-20(26)9-7-19/h4-11H,12-15H2,1-3H3. The van der Waals surface area contributed by atoms with Gasteiger partial charge in [-0.15, -0.1) is 0 Å². The molecule has 1 amide bonds. The van der Waals surface area contributed by atoms with Crippen LogP contribution < -0.4 is 4.90 Å². The lowest BCUT2D eigenvalue weighted by Gasteiger charge is -2.35. The van der Waals surface area contributed by atoms with Crippen molar-refractivity contribution in [2.45, 2.75) is 20.8 Å². The fourth-order valence-corrected chi connectivity index (χ4v) is 4.38. The minimum atomic E-state index is 0.0266. The average molecular weight is 461 g/mol. The Kier molecular flexibility index (Phi) is 5.50. The van der Waals surface area contributed by atoms with Crippen LogP contribution in [0.3, 0.4) is 0 Å². The summed E-state index contributed by atoms with van der Waals surface area (Å²) in [7, 11) is 0. The van der Waals surface area contributed by atoms with Crippen LogP contribution in [0.4, 0.5) is 5.82 Å². The Bertz CT molecular complexity index is 1320. The predicted molar refractivity (Wildman–Crippen MR) is 130 cm³/mol. The van der Waals surface area contributed by atoms with Crippen LogP contribution in [-0.2, 0) is 0 Å². The van der Waals surface area contributed by atoms with E-state index in [1.165, 1.54) is 5.56 Å². The van der Waals surface area contributed by atoms with Gasteiger partial charge in [0.05, 0.1) is 16.8 Å². The van der Waals surface area contributed by atoms with Gasteiger partial charge in [-0.25, -0.2) is 14.6 Å². The molecule has 0 radical (unpaired) electrons. The Labute approximate surface area is 197 Å². The van der Waals surface area contributed by atoms with Crippen LogP contribution in [-0.4, -0.2) is 56.7 Å². The first-order chi connectivity index (χ1) is 15.9. The van der Waals surface area contributed by atoms with E-state index in [0.717, 1.165) is 28.2 Å². The van der Waals surface area contributed by atoms with E-state index in [1.54, 1.807) is 24.3 Å². The summed E-state index contributed by atoms with van der Waals surface area (Å²) in [4.78, 5) is 26.5. The van der Waals surface area contributed by atoms with Crippen molar-refractivity contribution in [1.82, 2.24) is 24.6 Å². The SMILES string of the molecule is Cc1ccc(-n2nc(C)c3c(N4CCN(C(=O)c5ccc(Cl)cc5)CC4)nc(C)nc32)cc1. The third-order valence-corrected chi connectivity index (χ3v) is 6.28. The Balaban J connectivity index is 1.43. The molecule has 2 aromatic carbocycles. The van der Waals surface area contributed by atoms with Gasteiger partial charge in [0.15, 0.2) is 5.65 Å². The molecule has 1 saturated heterocycles. The molecule has 8 heteroatoms. The minimum absolute atomic E-state index is 0.0266. The molecule has 0 saturated carbocycles. The summed E-state index contributed by atoms with van der Waals surface area (Å²) in [6, 6.07) is 15.3. The van der Waals surface area contributed by atoms with Gasteiger partial charge < -0.3 is 9.80 Å². The molecule has 0 unspecified atom stereocenters. The number of piperazine rings is 1. The van der Waals surface area contributed by atoms with Crippen LogP contribution in [0, 0.1) is 20.8 Å². The molecule has 1 aliphatic heterocycles. The molecule has 0 bridgehead atoms. The first kappa shape index (κ1) is 21.4. The van der Waals surface area contributed by atoms with Gasteiger partial charge in [-0.2, -0.15) is 5.10 Å². The largest absolute Gasteiger partial charge is 0.352 e. The molecule has 0 aliphatic carbocycles. The van der Waals surface area contributed by atoms with E-state index in [1.807, 2.05) is 23.4 Å². The maximum absolute atomic E-state index is 12.9. The van der Waals surface area contributed by atoms with E-state index in [-0.39, 0.29) is 5.91 Å². The second kappa shape index (κ2) is 8.48. The van der Waals surface area contributed by atoms with Gasteiger partial charge in [0.25, 0.3) is 5.91 Å². The number of rotatable bonds is 3. The summed E-state index contributed by atoms with van der Waals surface area (Å²) < 4.78 is 1.89. The molecule has 2 aromatic heterocycles. The van der Waals surface area contributed by atoms with Crippen molar-refractivity contribution >= 4 is 34.4 Å². The molecule has 1 fully saturated rings. The quantitative estimate of drug-likeness (QED) is 0.454. The van der Waals surface area contributed by atoms with Gasteiger partial charge in [-0.3, -0.25) is 4.79 Å². The van der Waals surface area contributed by atoms with Crippen molar-refractivity contribution in [2.24, 2.45) is 0 Å². The maximum atomic E-state index is 12.9. The number of carbonyl (C=O) groups excluding carboxylic acids is 1. The minimum Gasteiger partial charge on any atom is -0.352 e. The van der Waals surface area contributed by atoms with Crippen LogP contribution in [0.2, 0.25) is 5.02 Å². The Morgan fingerprint density at radius 1 is 0.879 bits per heavy atom. The molecule has 0 N–H and O–H groups in total. The Hall–Kier alpha value is -3.45. The molecule has 4 aromatic rings. The van der Waals surface area contributed by atoms with Gasteiger partial charge in [0.2, 0.25) is 0 Å². The number of halogens is 1. The van der Waals surface area contributed by atoms with E-state index in [9.17, 15) is 4.79 Å². The van der Waals surface area contributed by atoms with Crippen molar-refractivity contribution in [1.29, 1.82) is 0 Å². The lowest BCUT2D eigenvalue weighted by atomic mass is 10.1. The van der Waals surface area contributed by atoms with E-state index in [0.29, 0.717) is 42.6 Å². The molecular weight excluding hydrogens is 436 g/mol. The molecule has 7 nitrogen and oxygen atoms in total. The number of nitrogens with zero attached hydrogens (tertiary/aromatic N) is 6. The van der Waals surface area contributed by atoms with Gasteiger partial charge >= 0.3 is 0 Å². The van der Waals surface area contributed by atoms with Crippen LogP contribution in [0.1, 0.15) is 27.4 Å². The third-order valence-electron chi connectivity index (χ3n) is 6.03. The number of aromatic nitrogens is 4. The summed E-state index contributed by atoms with van der Waals surface area (Å²) >= 11 is 5.96. The average Bonchev–Trinajstić information content (AvgIpc) is 3.15. The molecule has 1 aliphatic rings. The lowest BCUT2D eigenvalue weighted by Crippen LogP contribution is -2.49. The highest BCUT2D eigenvalue weighted by Gasteiger charge is 2.26. The Morgan fingerprint density at radius 2 is 1.55 bits per heavy atom. The van der Waals surface area contributed by atoms with Gasteiger partial charge in [-0.05, 0) is 57.2 Å². The molecule has 3 heterocycles. The van der Waals surface area contributed by atoms with Crippen molar-refractivity contribution in [3.05, 3.63) is 76.2 Å². The van der Waals surface area contributed by atoms with E-state index in [4.69, 9.17) is 26.7 Å². The number of amides is 1. The normalized spacial score (nSPS) is 14.2. The number of hydrogen-bond donors (Lipinski definition) is 0. The number of aryl methyl sites for hydroxylation is 3. The second-order valence-electron chi connectivity index (χ2n) is 8.41. The number of hydrogen-bond acceptors (Lipinski definition) is 5. The summed E-state index contributed by atoms with van der Waals surface area (Å²) in [5.74, 6) is 1.61. The van der Waals surface area contributed by atoms with E-state index >= 15 is 0 Å². The summed E-state index contributed by atoms with van der Waals surface area (Å²) in [6.07, 6.45) is 0. The number of carbonyl (C=O) groups is 1. The zero-order valence-corrected chi connectivity index (χ0v) is 19.7. The Morgan fingerprint density at radius 3 is 2.21 bits per heavy atom. The smallest absolute Gasteiger partial charge is 0.253 e. The summed E-state index contributed by atoms with van der Waals surface area (Å²) in [5.41, 5.74) is 4.52. The molecule has 33 heavy (non-hydrogen) atoms. The molecule has 0 atom stereocenters. The monoisotopic (exact) mass is 460 g/mol. The highest BCUT2D eigenvalue weighted by atomic mass is 35.5. The van der Waals surface area contributed by atoms with E-state index < -0.39 is 0 Å². The summed E-state index contributed by atoms with van der Waals surface area (Å²) in [5, 5.41) is 6.37. The van der Waals surface area contributed by atoms with Gasteiger partial charge in [-0.1, -0.05) is 29.3 Å². The van der Waals surface area contributed by atoms with Crippen LogP contribution >= 0.6 is 11.6 Å². The number of fused-ring (bicyclic) bond motifs is 1.